The third-order valence-corrected chi connectivity index (χ3v) is 7.40. The number of nitrogens with one attached hydrogen (secondary N) is 2. The Morgan fingerprint density at radius 3 is 1.97 bits per heavy atom. The first-order valence-corrected chi connectivity index (χ1v) is 13.5. The maximum Gasteiger partial charge on any atom is 0.198 e. The van der Waals surface area contributed by atoms with E-state index in [0.717, 1.165) is 61.4 Å². The number of hydrogen-bond donors (Lipinski definition) is 2. The Morgan fingerprint density at radius 2 is 1.37 bits per heavy atom. The highest BCUT2D eigenvalue weighted by Gasteiger charge is 2.35. The van der Waals surface area contributed by atoms with Crippen molar-refractivity contribution in [3.05, 3.63) is 41.5 Å². The van der Waals surface area contributed by atoms with Crippen LogP contribution < -0.4 is 24.8 Å². The third-order valence-electron chi connectivity index (χ3n) is 7.40. The van der Waals surface area contributed by atoms with Crippen LogP contribution in [-0.4, -0.2) is 50.8 Å². The molecule has 0 bridgehead atoms. The number of ketones is 1. The monoisotopic (exact) mass is 478 g/mol. The first-order valence-electron chi connectivity index (χ1n) is 13.5. The molecule has 2 aromatic rings. The van der Waals surface area contributed by atoms with Gasteiger partial charge < -0.3 is 24.8 Å². The van der Waals surface area contributed by atoms with Crippen LogP contribution in [0.3, 0.4) is 0 Å². The van der Waals surface area contributed by atoms with Crippen molar-refractivity contribution in [3.8, 4) is 28.4 Å². The van der Waals surface area contributed by atoms with Crippen LogP contribution in [0, 0.1) is 0 Å². The summed E-state index contributed by atoms with van der Waals surface area (Å²) in [7, 11) is 0. The number of hydrogen-bond acceptors (Lipinski definition) is 6. The van der Waals surface area contributed by atoms with Gasteiger partial charge in [-0.2, -0.15) is 0 Å². The van der Waals surface area contributed by atoms with Gasteiger partial charge in [-0.05, 0) is 76.2 Å². The smallest absolute Gasteiger partial charge is 0.198 e. The summed E-state index contributed by atoms with van der Waals surface area (Å²) in [6, 6.07) is 10.7. The Kier molecular flexibility index (Phi) is 7.89. The lowest BCUT2D eigenvalue weighted by atomic mass is 10.0. The molecule has 0 spiro atoms. The fourth-order valence-corrected chi connectivity index (χ4v) is 5.47. The van der Waals surface area contributed by atoms with Crippen LogP contribution in [0.4, 0.5) is 0 Å². The van der Waals surface area contributed by atoms with Gasteiger partial charge in [0.25, 0.3) is 0 Å². The van der Waals surface area contributed by atoms with E-state index in [2.05, 4.69) is 17.6 Å². The standard InChI is InChI=1S/C29H38N2O4/c1-2-3-17-33-24-11-12-25(35-19-14-21-8-6-16-31-21)28-27(24)26-22(29(28)32)9-4-10-23(26)34-18-13-20-7-5-15-30-20/h4,9-12,20-21,30-31H,2-3,5-8,13-19H2,1H3. The van der Waals surface area contributed by atoms with Crippen LogP contribution in [0.15, 0.2) is 30.3 Å². The third kappa shape index (κ3) is 5.34. The van der Waals surface area contributed by atoms with Crippen molar-refractivity contribution in [2.45, 2.75) is 70.4 Å². The second kappa shape index (κ2) is 11.4. The van der Waals surface area contributed by atoms with Crippen LogP contribution in [0.1, 0.15) is 74.2 Å². The van der Waals surface area contributed by atoms with Gasteiger partial charge in [0.1, 0.15) is 17.2 Å². The molecular formula is C29H38N2O4. The van der Waals surface area contributed by atoms with E-state index in [0.29, 0.717) is 48.8 Å². The molecule has 2 fully saturated rings. The lowest BCUT2D eigenvalue weighted by Gasteiger charge is -2.17. The Bertz CT molecular complexity index is 1030. The second-order valence-electron chi connectivity index (χ2n) is 9.88. The number of benzene rings is 2. The summed E-state index contributed by atoms with van der Waals surface area (Å²) in [6.07, 6.45) is 8.75. The molecule has 2 aromatic carbocycles. The molecule has 2 N–H and O–H groups in total. The molecule has 35 heavy (non-hydrogen) atoms. The minimum Gasteiger partial charge on any atom is -0.493 e. The molecule has 2 saturated heterocycles. The summed E-state index contributed by atoms with van der Waals surface area (Å²) in [5.74, 6) is 2.12. The first-order chi connectivity index (χ1) is 17.3. The maximum atomic E-state index is 13.6. The van der Waals surface area contributed by atoms with E-state index >= 15 is 0 Å². The van der Waals surface area contributed by atoms with Crippen LogP contribution in [0.5, 0.6) is 17.2 Å². The molecule has 2 atom stereocenters. The van der Waals surface area contributed by atoms with Crippen molar-refractivity contribution in [2.24, 2.45) is 0 Å². The summed E-state index contributed by atoms with van der Waals surface area (Å²) in [5, 5.41) is 7.04. The quantitative estimate of drug-likeness (QED) is 0.352. The van der Waals surface area contributed by atoms with Crippen molar-refractivity contribution < 1.29 is 19.0 Å². The number of carbonyl (C=O) groups excluding carboxylic acids is 1. The van der Waals surface area contributed by atoms with Crippen molar-refractivity contribution in [1.82, 2.24) is 10.6 Å². The number of fused-ring (bicyclic) bond motifs is 3. The van der Waals surface area contributed by atoms with Gasteiger partial charge in [-0.3, -0.25) is 4.79 Å². The van der Waals surface area contributed by atoms with E-state index in [1.54, 1.807) is 0 Å². The number of rotatable bonds is 12. The van der Waals surface area contributed by atoms with E-state index < -0.39 is 0 Å². The minimum absolute atomic E-state index is 0.00663. The van der Waals surface area contributed by atoms with E-state index in [1.807, 2.05) is 30.3 Å². The van der Waals surface area contributed by atoms with Crippen molar-refractivity contribution >= 4 is 5.78 Å². The van der Waals surface area contributed by atoms with Crippen molar-refractivity contribution in [3.63, 3.8) is 0 Å². The van der Waals surface area contributed by atoms with Crippen molar-refractivity contribution in [1.29, 1.82) is 0 Å². The molecule has 1 aliphatic carbocycles. The highest BCUT2D eigenvalue weighted by Crippen LogP contribution is 2.50. The first kappa shape index (κ1) is 24.1. The van der Waals surface area contributed by atoms with Gasteiger partial charge in [0.2, 0.25) is 0 Å². The molecule has 0 aromatic heterocycles. The van der Waals surface area contributed by atoms with Gasteiger partial charge >= 0.3 is 0 Å². The second-order valence-corrected chi connectivity index (χ2v) is 9.88. The van der Waals surface area contributed by atoms with E-state index in [4.69, 9.17) is 14.2 Å². The molecule has 188 valence electrons. The van der Waals surface area contributed by atoms with Crippen LogP contribution >= 0.6 is 0 Å². The molecule has 3 aliphatic rings. The Balaban J connectivity index is 1.41. The normalized spacial score (nSPS) is 20.7. The van der Waals surface area contributed by atoms with Gasteiger partial charge in [-0.25, -0.2) is 0 Å². The highest BCUT2D eigenvalue weighted by molar-refractivity contribution is 6.25. The Labute approximate surface area is 208 Å². The number of ether oxygens (including phenoxy) is 3. The fraction of sp³-hybridized carbons (Fsp3) is 0.552. The minimum atomic E-state index is -0.00663. The van der Waals surface area contributed by atoms with E-state index in [1.165, 1.54) is 25.7 Å². The zero-order valence-electron chi connectivity index (χ0n) is 20.9. The van der Waals surface area contributed by atoms with Crippen LogP contribution in [0.2, 0.25) is 0 Å². The average molecular weight is 479 g/mol. The summed E-state index contributed by atoms with van der Waals surface area (Å²) in [6.45, 7) is 6.14. The molecule has 6 heteroatoms. The average Bonchev–Trinajstić information content (AvgIpc) is 3.63. The maximum absolute atomic E-state index is 13.6. The summed E-state index contributed by atoms with van der Waals surface area (Å²) < 4.78 is 18.7. The van der Waals surface area contributed by atoms with Crippen LogP contribution in [-0.2, 0) is 0 Å². The Morgan fingerprint density at radius 1 is 0.771 bits per heavy atom. The highest BCUT2D eigenvalue weighted by atomic mass is 16.5. The topological polar surface area (TPSA) is 68.8 Å². The fourth-order valence-electron chi connectivity index (χ4n) is 5.47. The molecule has 2 heterocycles. The van der Waals surface area contributed by atoms with Crippen molar-refractivity contribution in [2.75, 3.05) is 32.9 Å². The lowest BCUT2D eigenvalue weighted by molar-refractivity contribution is 0.103. The summed E-state index contributed by atoms with van der Waals surface area (Å²) >= 11 is 0. The van der Waals surface area contributed by atoms with Gasteiger partial charge in [-0.15, -0.1) is 0 Å². The van der Waals surface area contributed by atoms with Gasteiger partial charge in [0.05, 0.1) is 25.4 Å². The zero-order chi connectivity index (χ0) is 24.0. The predicted octanol–water partition coefficient (Wildman–Crippen LogP) is 5.12. The van der Waals surface area contributed by atoms with E-state index in [-0.39, 0.29) is 5.78 Å². The molecule has 0 radical (unpaired) electrons. The molecule has 0 saturated carbocycles. The molecule has 5 rings (SSSR count). The molecule has 2 aliphatic heterocycles. The zero-order valence-corrected chi connectivity index (χ0v) is 20.9. The van der Waals surface area contributed by atoms with Gasteiger partial charge in [0, 0.05) is 28.8 Å². The predicted molar refractivity (Wildman–Crippen MR) is 138 cm³/mol. The SMILES string of the molecule is CCCCOc1ccc(OCCC2CCCN2)c2c1-c1c(OCCC3CCCN3)cccc1C2=O. The number of carbonyl (C=O) groups is 1. The van der Waals surface area contributed by atoms with Gasteiger partial charge in [-0.1, -0.05) is 25.5 Å². The largest absolute Gasteiger partial charge is 0.493 e. The molecular weight excluding hydrogens is 440 g/mol. The molecule has 2 unspecified atom stereocenters. The molecule has 0 amide bonds. The Hall–Kier alpha value is -2.57. The lowest BCUT2D eigenvalue weighted by Crippen LogP contribution is -2.23. The van der Waals surface area contributed by atoms with E-state index in [9.17, 15) is 4.79 Å². The van der Waals surface area contributed by atoms with Crippen LogP contribution in [0.25, 0.3) is 11.1 Å². The van der Waals surface area contributed by atoms with Gasteiger partial charge in [0.15, 0.2) is 5.78 Å². The number of unbranched alkanes of at least 4 members (excludes halogenated alkanes) is 1. The molecule has 6 nitrogen and oxygen atoms in total. The summed E-state index contributed by atoms with van der Waals surface area (Å²) in [4.78, 5) is 13.6. The summed E-state index contributed by atoms with van der Waals surface area (Å²) in [5.41, 5.74) is 2.96.